The zero-order valence-electron chi connectivity index (χ0n) is 14.7. The van der Waals surface area contributed by atoms with Crippen LogP contribution in [0.4, 0.5) is 4.79 Å². The molecule has 0 aliphatic heterocycles. The molecule has 0 bridgehead atoms. The lowest BCUT2D eigenvalue weighted by Gasteiger charge is -2.27. The summed E-state index contributed by atoms with van der Waals surface area (Å²) in [6.45, 7) is 14.5. The van der Waals surface area contributed by atoms with Gasteiger partial charge < -0.3 is 14.8 Å². The number of hydrogen-bond acceptors (Lipinski definition) is 4. The molecule has 0 aliphatic carbocycles. The average molecular weight is 331 g/mol. The Morgan fingerprint density at radius 2 is 1.88 bits per heavy atom. The van der Waals surface area contributed by atoms with Gasteiger partial charge in [-0.25, -0.2) is 9.59 Å². The highest BCUT2D eigenvalue weighted by atomic mass is 16.6. The highest BCUT2D eigenvalue weighted by Gasteiger charge is 2.24. The van der Waals surface area contributed by atoms with E-state index in [1.807, 2.05) is 45.0 Å². The van der Waals surface area contributed by atoms with E-state index in [0.717, 1.165) is 22.8 Å². The summed E-state index contributed by atoms with van der Waals surface area (Å²) in [6.07, 6.45) is -0.0773. The zero-order chi connectivity index (χ0) is 18.3. The van der Waals surface area contributed by atoms with E-state index >= 15 is 0 Å². The number of nitrogens with one attached hydrogen (secondary N) is 1. The molecule has 1 rings (SSSR count). The first-order valence-electron chi connectivity index (χ1n) is 7.70. The van der Waals surface area contributed by atoms with Gasteiger partial charge in [-0.05, 0) is 38.8 Å². The molecule has 1 unspecified atom stereocenters. The van der Waals surface area contributed by atoms with Gasteiger partial charge in [-0.3, -0.25) is 0 Å². The van der Waals surface area contributed by atoms with E-state index in [-0.39, 0.29) is 6.61 Å². The second kappa shape index (κ2) is 8.34. The Morgan fingerprint density at radius 1 is 1.29 bits per heavy atom. The van der Waals surface area contributed by atoms with Crippen LogP contribution in [0.3, 0.4) is 0 Å². The molecule has 130 valence electrons. The van der Waals surface area contributed by atoms with Crippen molar-refractivity contribution in [2.24, 2.45) is 0 Å². The molecule has 1 atom stereocenters. The number of carbonyl (C=O) groups is 2. The van der Waals surface area contributed by atoms with Crippen molar-refractivity contribution < 1.29 is 19.1 Å². The Bertz CT molecular complexity index is 617. The summed E-state index contributed by atoms with van der Waals surface area (Å²) in [5.41, 5.74) is 2.36. The molecule has 5 heteroatoms. The molecule has 1 N–H and O–H groups in total. The summed E-state index contributed by atoms with van der Waals surface area (Å²) in [7, 11) is 0. The minimum Gasteiger partial charge on any atom is -0.459 e. The molecule has 0 fully saturated rings. The maximum atomic E-state index is 12.0. The van der Waals surface area contributed by atoms with Crippen molar-refractivity contribution in [3.8, 4) is 0 Å². The Balaban J connectivity index is 2.62. The van der Waals surface area contributed by atoms with E-state index in [4.69, 9.17) is 9.47 Å². The van der Waals surface area contributed by atoms with Crippen molar-refractivity contribution in [2.75, 3.05) is 6.61 Å². The van der Waals surface area contributed by atoms with Gasteiger partial charge in [-0.1, -0.05) is 43.0 Å². The Labute approximate surface area is 143 Å². The Morgan fingerprint density at radius 3 is 2.38 bits per heavy atom. The lowest BCUT2D eigenvalue weighted by Crippen LogP contribution is -2.42. The van der Waals surface area contributed by atoms with E-state index in [1.54, 1.807) is 6.92 Å². The highest BCUT2D eigenvalue weighted by molar-refractivity contribution is 5.81. The summed E-state index contributed by atoms with van der Waals surface area (Å²) < 4.78 is 10.0. The van der Waals surface area contributed by atoms with Gasteiger partial charge >= 0.3 is 12.1 Å². The lowest BCUT2D eigenvalue weighted by molar-refractivity contribution is -0.140. The monoisotopic (exact) mass is 331 g/mol. The van der Waals surface area contributed by atoms with Crippen molar-refractivity contribution in [2.45, 2.75) is 39.3 Å². The third kappa shape index (κ3) is 5.91. The molecule has 0 heterocycles. The number of ether oxygens (including phenoxy) is 2. The van der Waals surface area contributed by atoms with Crippen LogP contribution in [0.2, 0.25) is 0 Å². The normalized spacial score (nSPS) is 12.0. The van der Waals surface area contributed by atoms with Gasteiger partial charge in [-0.15, -0.1) is 0 Å². The number of benzene rings is 1. The maximum Gasteiger partial charge on any atom is 0.408 e. The van der Waals surface area contributed by atoms with Crippen LogP contribution in [0.1, 0.15) is 38.8 Å². The summed E-state index contributed by atoms with van der Waals surface area (Å²) >= 11 is 0. The first-order chi connectivity index (χ1) is 11.2. The van der Waals surface area contributed by atoms with Gasteiger partial charge in [0.25, 0.3) is 0 Å². The van der Waals surface area contributed by atoms with Crippen LogP contribution in [0.15, 0.2) is 43.5 Å². The van der Waals surface area contributed by atoms with Gasteiger partial charge in [0.1, 0.15) is 12.7 Å². The van der Waals surface area contributed by atoms with Crippen LogP contribution >= 0.6 is 0 Å². The standard InChI is InChI=1S/C19H25NO4/c1-7-17(21)23-12-14(4)24-18(22)20-19(5,6)16-10-8-15(9-11-16)13(2)3/h7-11,14H,1-2,12H2,3-6H3,(H,20,22). The minimum absolute atomic E-state index is 0.0218. The molecule has 24 heavy (non-hydrogen) atoms. The summed E-state index contributed by atoms with van der Waals surface area (Å²) in [5.74, 6) is -0.552. The van der Waals surface area contributed by atoms with E-state index < -0.39 is 23.7 Å². The average Bonchev–Trinajstić information content (AvgIpc) is 2.51. The van der Waals surface area contributed by atoms with E-state index in [0.29, 0.717) is 0 Å². The van der Waals surface area contributed by atoms with E-state index in [2.05, 4.69) is 18.5 Å². The SMILES string of the molecule is C=CC(=O)OCC(C)OC(=O)NC(C)(C)c1ccc(C(=C)C)cc1. The first-order valence-corrected chi connectivity index (χ1v) is 7.70. The van der Waals surface area contributed by atoms with Crippen molar-refractivity contribution in [3.05, 3.63) is 54.6 Å². The van der Waals surface area contributed by atoms with Crippen LogP contribution in [0.25, 0.3) is 5.57 Å². The Kier molecular flexibility index (Phi) is 6.77. The number of allylic oxidation sites excluding steroid dienone is 1. The lowest BCUT2D eigenvalue weighted by atomic mass is 9.93. The molecule has 5 nitrogen and oxygen atoms in total. The maximum absolute atomic E-state index is 12.0. The number of amides is 1. The topological polar surface area (TPSA) is 64.6 Å². The largest absolute Gasteiger partial charge is 0.459 e. The number of rotatable bonds is 7. The van der Waals surface area contributed by atoms with Gasteiger partial charge in [0, 0.05) is 6.08 Å². The second-order valence-corrected chi connectivity index (χ2v) is 6.16. The fourth-order valence-electron chi connectivity index (χ4n) is 2.00. The van der Waals surface area contributed by atoms with Gasteiger partial charge in [0.15, 0.2) is 0 Å². The van der Waals surface area contributed by atoms with Crippen molar-refractivity contribution in [1.82, 2.24) is 5.32 Å². The third-order valence-electron chi connectivity index (χ3n) is 3.45. The zero-order valence-corrected chi connectivity index (χ0v) is 14.7. The predicted molar refractivity (Wildman–Crippen MR) is 94.4 cm³/mol. The summed E-state index contributed by atoms with van der Waals surface area (Å²) in [5, 5.41) is 2.81. The molecule has 0 aliphatic rings. The van der Waals surface area contributed by atoms with Crippen molar-refractivity contribution >= 4 is 17.6 Å². The van der Waals surface area contributed by atoms with Crippen LogP contribution in [0.5, 0.6) is 0 Å². The third-order valence-corrected chi connectivity index (χ3v) is 3.45. The first kappa shape index (κ1) is 19.5. The van der Waals surface area contributed by atoms with Crippen LogP contribution in [-0.2, 0) is 19.8 Å². The van der Waals surface area contributed by atoms with Crippen molar-refractivity contribution in [1.29, 1.82) is 0 Å². The van der Waals surface area contributed by atoms with Gasteiger partial charge in [-0.2, -0.15) is 0 Å². The fraction of sp³-hybridized carbons (Fsp3) is 0.368. The molecule has 1 amide bonds. The van der Waals surface area contributed by atoms with Crippen LogP contribution in [0, 0.1) is 0 Å². The van der Waals surface area contributed by atoms with Gasteiger partial charge in [0.05, 0.1) is 5.54 Å². The van der Waals surface area contributed by atoms with Crippen molar-refractivity contribution in [3.63, 3.8) is 0 Å². The van der Waals surface area contributed by atoms with Crippen LogP contribution < -0.4 is 5.32 Å². The smallest absolute Gasteiger partial charge is 0.408 e. The number of carbonyl (C=O) groups excluding carboxylic acids is 2. The molecule has 0 radical (unpaired) electrons. The molecular formula is C19H25NO4. The van der Waals surface area contributed by atoms with E-state index in [1.165, 1.54) is 0 Å². The fourth-order valence-corrected chi connectivity index (χ4v) is 2.00. The molecule has 0 saturated carbocycles. The molecule has 1 aromatic carbocycles. The molecular weight excluding hydrogens is 306 g/mol. The highest BCUT2D eigenvalue weighted by Crippen LogP contribution is 2.22. The summed E-state index contributed by atoms with van der Waals surface area (Å²) in [4.78, 5) is 23.0. The number of hydrogen-bond donors (Lipinski definition) is 1. The second-order valence-electron chi connectivity index (χ2n) is 6.16. The minimum atomic E-state index is -0.609. The predicted octanol–water partition coefficient (Wildman–Crippen LogP) is 3.80. The van der Waals surface area contributed by atoms with Crippen LogP contribution in [-0.4, -0.2) is 24.8 Å². The molecule has 1 aromatic rings. The number of esters is 1. The molecule has 0 aromatic heterocycles. The summed E-state index contributed by atoms with van der Waals surface area (Å²) in [6, 6.07) is 7.81. The molecule has 0 saturated heterocycles. The number of alkyl carbamates (subject to hydrolysis) is 1. The molecule has 0 spiro atoms. The van der Waals surface area contributed by atoms with E-state index in [9.17, 15) is 9.59 Å². The van der Waals surface area contributed by atoms with Gasteiger partial charge in [0.2, 0.25) is 0 Å². The quantitative estimate of drug-likeness (QED) is 0.610. The Hall–Kier alpha value is -2.56.